The van der Waals surface area contributed by atoms with Crippen LogP contribution in [0.25, 0.3) is 0 Å². The van der Waals surface area contributed by atoms with Crippen molar-refractivity contribution in [2.75, 3.05) is 0 Å². The van der Waals surface area contributed by atoms with Gasteiger partial charge in [0.1, 0.15) is 5.15 Å². The monoisotopic (exact) mass is 206 g/mol. The second-order valence-electron chi connectivity index (χ2n) is 1.50. The van der Waals surface area contributed by atoms with Crippen LogP contribution in [0.2, 0.25) is 10.4 Å². The molecule has 0 radical (unpaired) electrons. The summed E-state index contributed by atoms with van der Waals surface area (Å²) in [6.07, 6.45) is 1.84. The summed E-state index contributed by atoms with van der Waals surface area (Å²) < 4.78 is 0. The van der Waals surface area contributed by atoms with Crippen molar-refractivity contribution in [2.24, 2.45) is 0 Å². The van der Waals surface area contributed by atoms with Crippen LogP contribution >= 0.6 is 23.2 Å². The fourth-order valence-electron chi connectivity index (χ4n) is 0.430. The van der Waals surface area contributed by atoms with Crippen LogP contribution in [0.5, 0.6) is 0 Å². The molecule has 0 spiro atoms. The highest BCUT2D eigenvalue weighted by atomic mass is 35.5. The van der Waals surface area contributed by atoms with Gasteiger partial charge in [0.25, 0.3) is 0 Å². The van der Waals surface area contributed by atoms with Crippen molar-refractivity contribution in [2.45, 2.75) is 13.8 Å². The number of nitrogens with zero attached hydrogens (tertiary/aromatic N) is 2. The van der Waals surface area contributed by atoms with Crippen LogP contribution < -0.4 is 0 Å². The van der Waals surface area contributed by atoms with Crippen molar-refractivity contribution >= 4 is 29.5 Å². The van der Waals surface area contributed by atoms with Crippen molar-refractivity contribution < 1.29 is 4.79 Å². The van der Waals surface area contributed by atoms with Crippen molar-refractivity contribution in [3.63, 3.8) is 0 Å². The van der Waals surface area contributed by atoms with Crippen LogP contribution in [0, 0.1) is 0 Å². The minimum atomic E-state index is 0.0376. The van der Waals surface area contributed by atoms with Crippen molar-refractivity contribution in [1.29, 1.82) is 0 Å². The van der Waals surface area contributed by atoms with Gasteiger partial charge >= 0.3 is 0 Å². The quantitative estimate of drug-likeness (QED) is 0.403. The van der Waals surface area contributed by atoms with Gasteiger partial charge in [0, 0.05) is 6.20 Å². The Morgan fingerprint density at radius 1 is 1.42 bits per heavy atom. The normalized spacial score (nSPS) is 8.33. The van der Waals surface area contributed by atoms with Crippen LogP contribution in [-0.2, 0) is 0 Å². The first-order valence-electron chi connectivity index (χ1n) is 3.37. The van der Waals surface area contributed by atoms with Crippen molar-refractivity contribution in [1.82, 2.24) is 9.97 Å². The Morgan fingerprint density at radius 3 is 2.42 bits per heavy atom. The average molecular weight is 207 g/mol. The largest absolute Gasteiger partial charge is 0.298 e. The third kappa shape index (κ3) is 3.15. The van der Waals surface area contributed by atoms with E-state index in [9.17, 15) is 4.79 Å². The number of aldehydes is 1. The van der Waals surface area contributed by atoms with Gasteiger partial charge in [0.15, 0.2) is 6.29 Å². The molecule has 0 aliphatic rings. The molecule has 0 fully saturated rings. The van der Waals surface area contributed by atoms with E-state index in [0.717, 1.165) is 0 Å². The van der Waals surface area contributed by atoms with Gasteiger partial charge in [-0.15, -0.1) is 0 Å². The minimum Gasteiger partial charge on any atom is -0.298 e. The molecule has 5 heteroatoms. The number of aromatic nitrogens is 2. The van der Waals surface area contributed by atoms with Gasteiger partial charge in [-0.05, 0) is 11.6 Å². The van der Waals surface area contributed by atoms with Crippen molar-refractivity contribution in [3.8, 4) is 0 Å². The van der Waals surface area contributed by atoms with Gasteiger partial charge in [-0.25, -0.2) is 9.97 Å². The Morgan fingerprint density at radius 2 is 2.00 bits per heavy atom. The van der Waals surface area contributed by atoms with Gasteiger partial charge in [-0.2, -0.15) is 0 Å². The lowest BCUT2D eigenvalue weighted by Crippen LogP contribution is -1.88. The molecule has 0 aromatic carbocycles. The molecular weight excluding hydrogens is 199 g/mol. The molecule has 1 aromatic rings. The SMILES string of the molecule is CC.O=Cc1cnc(Cl)nc1Cl. The van der Waals surface area contributed by atoms with Gasteiger partial charge in [0.2, 0.25) is 5.28 Å². The molecule has 0 aliphatic heterocycles. The fourth-order valence-corrected chi connectivity index (χ4v) is 0.780. The van der Waals surface area contributed by atoms with Gasteiger partial charge < -0.3 is 0 Å². The van der Waals surface area contributed by atoms with E-state index in [4.69, 9.17) is 23.2 Å². The molecule has 0 amide bonds. The van der Waals surface area contributed by atoms with Gasteiger partial charge in [0.05, 0.1) is 5.56 Å². The summed E-state index contributed by atoms with van der Waals surface area (Å²) in [5.41, 5.74) is 0.242. The first-order chi connectivity index (χ1) is 5.74. The van der Waals surface area contributed by atoms with Crippen LogP contribution in [0.3, 0.4) is 0 Å². The molecule has 1 rings (SSSR count). The second-order valence-corrected chi connectivity index (χ2v) is 2.20. The third-order valence-electron chi connectivity index (χ3n) is 0.866. The predicted molar refractivity (Wildman–Crippen MR) is 48.8 cm³/mol. The molecule has 1 heterocycles. The first-order valence-corrected chi connectivity index (χ1v) is 4.13. The zero-order chi connectivity index (χ0) is 9.56. The summed E-state index contributed by atoms with van der Waals surface area (Å²) in [6.45, 7) is 4.00. The lowest BCUT2D eigenvalue weighted by atomic mass is 10.4. The first kappa shape index (κ1) is 11.3. The zero-order valence-electron chi connectivity index (χ0n) is 6.71. The Labute approximate surface area is 80.7 Å². The Hall–Kier alpha value is -0.670. The van der Waals surface area contributed by atoms with E-state index in [-0.39, 0.29) is 16.0 Å². The standard InChI is InChI=1S/C5H2Cl2N2O.C2H6/c6-4-3(2-10)1-8-5(7)9-4;1-2/h1-2H;1-2H3. The summed E-state index contributed by atoms with van der Waals surface area (Å²) in [7, 11) is 0. The number of carbonyl (C=O) groups is 1. The van der Waals surface area contributed by atoms with Crippen LogP contribution in [0.4, 0.5) is 0 Å². The van der Waals surface area contributed by atoms with Crippen molar-refractivity contribution in [3.05, 3.63) is 22.2 Å². The highest BCUT2D eigenvalue weighted by molar-refractivity contribution is 6.33. The van der Waals surface area contributed by atoms with E-state index in [0.29, 0.717) is 6.29 Å². The zero-order valence-corrected chi connectivity index (χ0v) is 8.23. The maximum absolute atomic E-state index is 10.1. The smallest absolute Gasteiger partial charge is 0.223 e. The Kier molecular flexibility index (Phi) is 5.58. The van der Waals surface area contributed by atoms with E-state index in [1.54, 1.807) is 0 Å². The summed E-state index contributed by atoms with van der Waals surface area (Å²) in [6, 6.07) is 0. The van der Waals surface area contributed by atoms with Gasteiger partial charge in [-0.1, -0.05) is 25.4 Å². The molecule has 0 saturated heterocycles. The summed E-state index contributed by atoms with van der Waals surface area (Å²) in [5, 5.41) is 0.116. The molecule has 1 aromatic heterocycles. The number of halogens is 2. The lowest BCUT2D eigenvalue weighted by molar-refractivity contribution is 0.112. The molecule has 12 heavy (non-hydrogen) atoms. The minimum absolute atomic E-state index is 0.0376. The maximum Gasteiger partial charge on any atom is 0.223 e. The van der Waals surface area contributed by atoms with Crippen LogP contribution in [0.1, 0.15) is 24.2 Å². The molecule has 0 saturated carbocycles. The molecule has 0 aliphatic carbocycles. The summed E-state index contributed by atoms with van der Waals surface area (Å²) >= 11 is 10.8. The van der Waals surface area contributed by atoms with E-state index >= 15 is 0 Å². The maximum atomic E-state index is 10.1. The van der Waals surface area contributed by atoms with Crippen LogP contribution in [0.15, 0.2) is 6.20 Å². The highest BCUT2D eigenvalue weighted by Crippen LogP contribution is 2.11. The topological polar surface area (TPSA) is 42.9 Å². The van der Waals surface area contributed by atoms with E-state index in [2.05, 4.69) is 9.97 Å². The van der Waals surface area contributed by atoms with E-state index in [1.807, 2.05) is 13.8 Å². The molecule has 0 N–H and O–H groups in total. The Balaban J connectivity index is 0.000000561. The van der Waals surface area contributed by atoms with Crippen LogP contribution in [-0.4, -0.2) is 16.3 Å². The van der Waals surface area contributed by atoms with Gasteiger partial charge in [-0.3, -0.25) is 4.79 Å². The average Bonchev–Trinajstić information content (AvgIpc) is 2.08. The highest BCUT2D eigenvalue weighted by Gasteiger charge is 2.00. The molecule has 66 valence electrons. The molecule has 0 bridgehead atoms. The molecule has 0 atom stereocenters. The predicted octanol–water partition coefficient (Wildman–Crippen LogP) is 2.62. The number of hydrogen-bond acceptors (Lipinski definition) is 3. The van der Waals surface area contributed by atoms with E-state index in [1.165, 1.54) is 6.20 Å². The summed E-state index contributed by atoms with van der Waals surface area (Å²) in [4.78, 5) is 17.2. The molecule has 0 unspecified atom stereocenters. The number of carbonyl (C=O) groups excluding carboxylic acids is 1. The fraction of sp³-hybridized carbons (Fsp3) is 0.286. The molecule has 3 nitrogen and oxygen atoms in total. The lowest BCUT2D eigenvalue weighted by Gasteiger charge is -1.91. The second kappa shape index (κ2) is 5.91. The number of rotatable bonds is 1. The summed E-state index contributed by atoms with van der Waals surface area (Å²) in [5.74, 6) is 0. The third-order valence-corrected chi connectivity index (χ3v) is 1.35. The Bertz CT molecular complexity index is 266. The molecular formula is C7H8Cl2N2O. The number of hydrogen-bond donors (Lipinski definition) is 0. The van der Waals surface area contributed by atoms with E-state index < -0.39 is 0 Å².